The molecule has 14 heteroatoms. The first-order chi connectivity index (χ1) is 15.8. The van der Waals surface area contributed by atoms with Gasteiger partial charge in [-0.15, -0.1) is 0 Å². The molecule has 1 aromatic heterocycles. The summed E-state index contributed by atoms with van der Waals surface area (Å²) in [6.07, 6.45) is 1.01. The lowest BCUT2D eigenvalue weighted by atomic mass is 10.0. The highest BCUT2D eigenvalue weighted by Gasteiger charge is 2.32. The predicted octanol–water partition coefficient (Wildman–Crippen LogP) is -2.88. The summed E-state index contributed by atoms with van der Waals surface area (Å²) in [7, 11) is 0. The van der Waals surface area contributed by atoms with Crippen molar-refractivity contribution in [3.63, 3.8) is 0 Å². The third-order valence-corrected chi connectivity index (χ3v) is 4.79. The number of nitrogens with one attached hydrogen (secondary N) is 4. The summed E-state index contributed by atoms with van der Waals surface area (Å²) in [4.78, 5) is 67.6. The SMILES string of the molecule is CC(C)CC(NC(=O)C(CC(N)=O)NC(=O)C(Cc1cnc[nH]1)NC(=O)C(N)C(C)O)C(=O)O. The minimum absolute atomic E-state index is 0.0577. The van der Waals surface area contributed by atoms with Crippen molar-refractivity contribution in [2.75, 3.05) is 0 Å². The van der Waals surface area contributed by atoms with Crippen LogP contribution in [0.4, 0.5) is 0 Å². The largest absolute Gasteiger partial charge is 0.480 e. The summed E-state index contributed by atoms with van der Waals surface area (Å²) >= 11 is 0. The second-order valence-electron chi connectivity index (χ2n) is 8.37. The number of carbonyl (C=O) groups is 5. The zero-order chi connectivity index (χ0) is 26.0. The summed E-state index contributed by atoms with van der Waals surface area (Å²) < 4.78 is 0. The van der Waals surface area contributed by atoms with Gasteiger partial charge in [0.1, 0.15) is 24.2 Å². The molecule has 0 aliphatic heterocycles. The number of aromatic amines is 1. The Morgan fingerprint density at radius 1 is 1.00 bits per heavy atom. The maximum atomic E-state index is 13.0. The standard InChI is InChI=1S/C20H33N7O7/c1-9(2)4-14(20(33)34)27-18(31)13(6-15(21)29)25-17(30)12(5-11-7-23-8-24-11)26-19(32)16(22)10(3)28/h7-10,12-14,16,28H,4-6,22H2,1-3H3,(H2,21,29)(H,23,24)(H,25,30)(H,26,32)(H,27,31)(H,33,34). The molecule has 0 bridgehead atoms. The van der Waals surface area contributed by atoms with E-state index in [1.54, 1.807) is 13.8 Å². The number of aliphatic hydroxyl groups is 1. The number of aliphatic carboxylic acids is 1. The molecule has 0 spiro atoms. The van der Waals surface area contributed by atoms with Gasteiger partial charge in [-0.1, -0.05) is 13.8 Å². The van der Waals surface area contributed by atoms with Crippen molar-refractivity contribution in [1.82, 2.24) is 25.9 Å². The zero-order valence-corrected chi connectivity index (χ0v) is 19.3. The van der Waals surface area contributed by atoms with Crippen LogP contribution in [0.15, 0.2) is 12.5 Å². The van der Waals surface area contributed by atoms with Crippen LogP contribution >= 0.6 is 0 Å². The number of imidazole rings is 1. The number of carboxylic acids is 1. The Labute approximate surface area is 196 Å². The van der Waals surface area contributed by atoms with Gasteiger partial charge in [-0.05, 0) is 19.3 Å². The number of nitrogens with two attached hydrogens (primary N) is 2. The summed E-state index contributed by atoms with van der Waals surface area (Å²) in [5.41, 5.74) is 11.3. The topological polar surface area (TPSA) is 243 Å². The van der Waals surface area contributed by atoms with Gasteiger partial charge >= 0.3 is 5.97 Å². The number of carbonyl (C=O) groups excluding carboxylic acids is 4. The third-order valence-electron chi connectivity index (χ3n) is 4.79. The van der Waals surface area contributed by atoms with E-state index in [2.05, 4.69) is 25.9 Å². The molecule has 0 aliphatic carbocycles. The van der Waals surface area contributed by atoms with Gasteiger partial charge in [-0.3, -0.25) is 19.2 Å². The third kappa shape index (κ3) is 9.54. The fourth-order valence-corrected chi connectivity index (χ4v) is 2.96. The number of carboxylic acid groups (broad SMARTS) is 1. The van der Waals surface area contributed by atoms with Crippen LogP contribution in [0.25, 0.3) is 0 Å². The van der Waals surface area contributed by atoms with Gasteiger partial charge in [-0.2, -0.15) is 0 Å². The highest BCUT2D eigenvalue weighted by atomic mass is 16.4. The minimum Gasteiger partial charge on any atom is -0.480 e. The van der Waals surface area contributed by atoms with Gasteiger partial charge in [-0.25, -0.2) is 9.78 Å². The van der Waals surface area contributed by atoms with Crippen molar-refractivity contribution in [2.45, 2.75) is 70.3 Å². The highest BCUT2D eigenvalue weighted by molar-refractivity contribution is 5.96. The van der Waals surface area contributed by atoms with Gasteiger partial charge in [0.15, 0.2) is 0 Å². The maximum absolute atomic E-state index is 13.0. The Morgan fingerprint density at radius 3 is 2.03 bits per heavy atom. The van der Waals surface area contributed by atoms with Crippen LogP contribution in [0.2, 0.25) is 0 Å². The molecule has 1 aromatic rings. The van der Waals surface area contributed by atoms with Crippen LogP contribution in [0.3, 0.4) is 0 Å². The number of primary amides is 1. The highest BCUT2D eigenvalue weighted by Crippen LogP contribution is 2.07. The van der Waals surface area contributed by atoms with Crippen LogP contribution in [0.5, 0.6) is 0 Å². The maximum Gasteiger partial charge on any atom is 0.326 e. The molecule has 4 amide bonds. The predicted molar refractivity (Wildman–Crippen MR) is 119 cm³/mol. The van der Waals surface area contributed by atoms with Crippen molar-refractivity contribution in [2.24, 2.45) is 17.4 Å². The molecular weight excluding hydrogens is 450 g/mol. The van der Waals surface area contributed by atoms with Crippen LogP contribution in [-0.2, 0) is 30.4 Å². The first-order valence-electron chi connectivity index (χ1n) is 10.6. The zero-order valence-electron chi connectivity index (χ0n) is 19.3. The molecule has 0 aliphatic rings. The molecule has 0 aromatic carbocycles. The molecule has 10 N–H and O–H groups in total. The Morgan fingerprint density at radius 2 is 1.56 bits per heavy atom. The summed E-state index contributed by atoms with van der Waals surface area (Å²) in [5, 5.41) is 25.9. The summed E-state index contributed by atoms with van der Waals surface area (Å²) in [6.45, 7) is 4.84. The first kappa shape index (κ1) is 28.5. The molecule has 0 fully saturated rings. The Hall–Kier alpha value is -3.52. The number of hydrogen-bond acceptors (Lipinski definition) is 8. The van der Waals surface area contributed by atoms with E-state index in [0.717, 1.165) is 0 Å². The van der Waals surface area contributed by atoms with Crippen LogP contribution in [0.1, 0.15) is 39.3 Å². The van der Waals surface area contributed by atoms with E-state index in [9.17, 15) is 34.2 Å². The molecule has 0 saturated carbocycles. The number of rotatable bonds is 14. The number of H-pyrrole nitrogens is 1. The molecule has 190 valence electrons. The van der Waals surface area contributed by atoms with E-state index in [4.69, 9.17) is 11.5 Å². The molecule has 0 radical (unpaired) electrons. The van der Waals surface area contributed by atoms with Crippen LogP contribution < -0.4 is 27.4 Å². The fraction of sp³-hybridized carbons (Fsp3) is 0.600. The number of aliphatic hydroxyl groups excluding tert-OH is 1. The average Bonchev–Trinajstić information content (AvgIpc) is 3.23. The van der Waals surface area contributed by atoms with Crippen molar-refractivity contribution in [3.8, 4) is 0 Å². The smallest absolute Gasteiger partial charge is 0.326 e. The minimum atomic E-state index is -1.49. The van der Waals surface area contributed by atoms with E-state index < -0.39 is 66.3 Å². The van der Waals surface area contributed by atoms with Crippen molar-refractivity contribution < 1.29 is 34.2 Å². The van der Waals surface area contributed by atoms with Crippen LogP contribution in [0, 0.1) is 5.92 Å². The van der Waals surface area contributed by atoms with Gasteiger partial charge in [0.25, 0.3) is 0 Å². The Balaban J connectivity index is 3.07. The normalized spacial score (nSPS) is 15.5. The first-order valence-corrected chi connectivity index (χ1v) is 10.6. The lowest BCUT2D eigenvalue weighted by Gasteiger charge is -2.25. The number of nitrogens with zero attached hydrogens (tertiary/aromatic N) is 1. The van der Waals surface area contributed by atoms with Gasteiger partial charge in [0.2, 0.25) is 23.6 Å². The van der Waals surface area contributed by atoms with Gasteiger partial charge in [0, 0.05) is 18.3 Å². The molecule has 1 rings (SSSR count). The number of amides is 4. The number of hydrogen-bond donors (Lipinski definition) is 8. The van der Waals surface area contributed by atoms with Crippen LogP contribution in [-0.4, -0.2) is 80.1 Å². The van der Waals surface area contributed by atoms with E-state index >= 15 is 0 Å². The fourth-order valence-electron chi connectivity index (χ4n) is 2.96. The van der Waals surface area contributed by atoms with E-state index in [1.165, 1.54) is 19.4 Å². The second-order valence-corrected chi connectivity index (χ2v) is 8.37. The lowest BCUT2D eigenvalue weighted by molar-refractivity contribution is -0.143. The summed E-state index contributed by atoms with van der Waals surface area (Å²) in [5.74, 6) is -4.86. The Kier molecular flexibility index (Phi) is 11.1. The van der Waals surface area contributed by atoms with Crippen molar-refractivity contribution in [3.05, 3.63) is 18.2 Å². The monoisotopic (exact) mass is 483 g/mol. The molecular formula is C20H33N7O7. The van der Waals surface area contributed by atoms with E-state index in [1.807, 2.05) is 0 Å². The van der Waals surface area contributed by atoms with E-state index in [-0.39, 0.29) is 18.8 Å². The average molecular weight is 484 g/mol. The van der Waals surface area contributed by atoms with E-state index in [0.29, 0.717) is 5.69 Å². The molecule has 5 unspecified atom stereocenters. The lowest BCUT2D eigenvalue weighted by Crippen LogP contribution is -2.59. The molecule has 0 saturated heterocycles. The van der Waals surface area contributed by atoms with Gasteiger partial charge < -0.3 is 42.6 Å². The molecule has 5 atom stereocenters. The van der Waals surface area contributed by atoms with Crippen molar-refractivity contribution >= 4 is 29.6 Å². The van der Waals surface area contributed by atoms with Gasteiger partial charge in [0.05, 0.1) is 18.9 Å². The quantitative estimate of drug-likeness (QED) is 0.135. The molecule has 34 heavy (non-hydrogen) atoms. The second kappa shape index (κ2) is 13.3. The molecule has 14 nitrogen and oxygen atoms in total. The number of aromatic nitrogens is 2. The summed E-state index contributed by atoms with van der Waals surface area (Å²) in [6, 6.07) is -5.34. The molecule has 1 heterocycles. The Bertz CT molecular complexity index is 857. The van der Waals surface area contributed by atoms with Crippen molar-refractivity contribution in [1.29, 1.82) is 0 Å².